The molecule has 1 N–H and O–H groups in total. The molecule has 0 fully saturated rings. The highest BCUT2D eigenvalue weighted by molar-refractivity contribution is 7.99. The monoisotopic (exact) mass is 375 g/mol. The highest BCUT2D eigenvalue weighted by Crippen LogP contribution is 2.23. The molecule has 1 aromatic heterocycles. The molecule has 1 heterocycles. The molecule has 0 aliphatic heterocycles. The molecule has 2 aromatic rings. The van der Waals surface area contributed by atoms with E-state index in [1.54, 1.807) is 14.1 Å². The summed E-state index contributed by atoms with van der Waals surface area (Å²) in [6.07, 6.45) is 0. The summed E-state index contributed by atoms with van der Waals surface area (Å²) < 4.78 is 1.26. The van der Waals surface area contributed by atoms with Gasteiger partial charge in [-0.3, -0.25) is 4.79 Å². The van der Waals surface area contributed by atoms with Crippen LogP contribution in [0.15, 0.2) is 35.5 Å². The third kappa shape index (κ3) is 5.32. The van der Waals surface area contributed by atoms with Gasteiger partial charge in [0.15, 0.2) is 11.0 Å². The van der Waals surface area contributed by atoms with Gasteiger partial charge >= 0.3 is 6.03 Å². The summed E-state index contributed by atoms with van der Waals surface area (Å²) in [5.74, 6) is 0.610. The molecule has 0 aliphatic rings. The van der Waals surface area contributed by atoms with Gasteiger partial charge in [-0.05, 0) is 5.56 Å². The molecule has 0 bridgehead atoms. The number of aromatic nitrogens is 3. The first kappa shape index (κ1) is 20.0. The molecule has 7 nitrogen and oxygen atoms in total. The van der Waals surface area contributed by atoms with E-state index in [4.69, 9.17) is 0 Å². The number of hydrogen-bond acceptors (Lipinski definition) is 5. The van der Waals surface area contributed by atoms with Crippen molar-refractivity contribution in [2.24, 2.45) is 0 Å². The lowest BCUT2D eigenvalue weighted by atomic mass is 9.96. The van der Waals surface area contributed by atoms with E-state index in [1.165, 1.54) is 21.3 Å². The Labute approximate surface area is 158 Å². The average Bonchev–Trinajstić information content (AvgIpc) is 3.02. The Bertz CT molecular complexity index is 766. The summed E-state index contributed by atoms with van der Waals surface area (Å²) in [5, 5.41) is 7.62. The Hall–Kier alpha value is -2.35. The van der Waals surface area contributed by atoms with Crippen molar-refractivity contribution in [3.8, 4) is 0 Å². The quantitative estimate of drug-likeness (QED) is 0.812. The van der Waals surface area contributed by atoms with Crippen molar-refractivity contribution in [2.75, 3.05) is 19.8 Å². The van der Waals surface area contributed by atoms with Crippen LogP contribution >= 0.6 is 11.8 Å². The standard InChI is InChI=1S/C18H25N5O2S/c1-18(2,3)15-20-16(23(21-15)17(25)22(4)5)26-12-14(24)19-11-13-9-7-6-8-10-13/h6-10H,11-12H2,1-5H3,(H,19,24). The lowest BCUT2D eigenvalue weighted by molar-refractivity contribution is -0.118. The molecule has 0 saturated heterocycles. The van der Waals surface area contributed by atoms with Crippen LogP contribution < -0.4 is 5.32 Å². The maximum atomic E-state index is 12.3. The van der Waals surface area contributed by atoms with Gasteiger partial charge in [0.25, 0.3) is 0 Å². The first-order valence-electron chi connectivity index (χ1n) is 8.31. The van der Waals surface area contributed by atoms with E-state index >= 15 is 0 Å². The van der Waals surface area contributed by atoms with Gasteiger partial charge in [-0.15, -0.1) is 5.10 Å². The lowest BCUT2D eigenvalue weighted by Crippen LogP contribution is -2.29. The fraction of sp³-hybridized carbons (Fsp3) is 0.444. The Balaban J connectivity index is 2.04. The fourth-order valence-corrected chi connectivity index (χ4v) is 2.76. The normalized spacial score (nSPS) is 11.3. The van der Waals surface area contributed by atoms with Crippen LogP contribution in [0.25, 0.3) is 0 Å². The van der Waals surface area contributed by atoms with Crippen LogP contribution in [0, 0.1) is 0 Å². The van der Waals surface area contributed by atoms with Crippen LogP contribution in [0.4, 0.5) is 4.79 Å². The van der Waals surface area contributed by atoms with Gasteiger partial charge < -0.3 is 10.2 Å². The van der Waals surface area contributed by atoms with Crippen molar-refractivity contribution in [1.82, 2.24) is 25.0 Å². The number of thioether (sulfide) groups is 1. The second kappa shape index (κ2) is 8.35. The third-order valence-electron chi connectivity index (χ3n) is 3.48. The third-order valence-corrected chi connectivity index (χ3v) is 4.41. The Morgan fingerprint density at radius 3 is 2.42 bits per heavy atom. The first-order chi connectivity index (χ1) is 12.2. The van der Waals surface area contributed by atoms with Crippen molar-refractivity contribution in [3.63, 3.8) is 0 Å². The number of benzene rings is 1. The van der Waals surface area contributed by atoms with Gasteiger partial charge in [0.2, 0.25) is 5.91 Å². The summed E-state index contributed by atoms with van der Waals surface area (Å²) in [7, 11) is 3.31. The molecule has 0 unspecified atom stereocenters. The summed E-state index contributed by atoms with van der Waals surface area (Å²) in [4.78, 5) is 30.4. The molecule has 8 heteroatoms. The molecule has 0 spiro atoms. The number of nitrogens with one attached hydrogen (secondary N) is 1. The molecule has 2 amide bonds. The number of carbonyl (C=O) groups excluding carboxylic acids is 2. The second-order valence-corrected chi connectivity index (χ2v) is 8.05. The van der Waals surface area contributed by atoms with Crippen LogP contribution in [0.2, 0.25) is 0 Å². The zero-order valence-corrected chi connectivity index (χ0v) is 16.6. The van der Waals surface area contributed by atoms with E-state index in [2.05, 4.69) is 15.4 Å². The molecule has 2 rings (SSSR count). The van der Waals surface area contributed by atoms with Crippen LogP contribution in [0.3, 0.4) is 0 Å². The van der Waals surface area contributed by atoms with Crippen LogP contribution in [-0.4, -0.2) is 51.5 Å². The van der Waals surface area contributed by atoms with E-state index in [-0.39, 0.29) is 23.1 Å². The lowest BCUT2D eigenvalue weighted by Gasteiger charge is -2.13. The topological polar surface area (TPSA) is 80.1 Å². The minimum absolute atomic E-state index is 0.122. The Kier molecular flexibility index (Phi) is 6.42. The number of nitrogens with zero attached hydrogens (tertiary/aromatic N) is 4. The van der Waals surface area contributed by atoms with Crippen molar-refractivity contribution >= 4 is 23.7 Å². The molecule has 26 heavy (non-hydrogen) atoms. The van der Waals surface area contributed by atoms with Crippen LogP contribution in [0.1, 0.15) is 32.2 Å². The van der Waals surface area contributed by atoms with Crippen LogP contribution in [0.5, 0.6) is 0 Å². The van der Waals surface area contributed by atoms with Gasteiger partial charge in [0, 0.05) is 26.1 Å². The summed E-state index contributed by atoms with van der Waals surface area (Å²) in [5.41, 5.74) is 0.745. The molecule has 140 valence electrons. The van der Waals surface area contributed by atoms with Gasteiger partial charge in [-0.1, -0.05) is 62.9 Å². The zero-order chi connectivity index (χ0) is 19.3. The molecule has 0 aliphatic carbocycles. The van der Waals surface area contributed by atoms with Crippen molar-refractivity contribution in [2.45, 2.75) is 37.9 Å². The SMILES string of the molecule is CN(C)C(=O)n1nc(C(C)(C)C)nc1SCC(=O)NCc1ccccc1. The maximum absolute atomic E-state index is 12.3. The van der Waals surface area contributed by atoms with E-state index in [9.17, 15) is 9.59 Å². The van der Waals surface area contributed by atoms with Gasteiger partial charge in [-0.2, -0.15) is 4.68 Å². The number of amides is 2. The molecule has 1 aromatic carbocycles. The Morgan fingerprint density at radius 1 is 1.19 bits per heavy atom. The van der Waals surface area contributed by atoms with Crippen molar-refractivity contribution in [3.05, 3.63) is 41.7 Å². The maximum Gasteiger partial charge on any atom is 0.346 e. The predicted molar refractivity (Wildman–Crippen MR) is 102 cm³/mol. The fourth-order valence-electron chi connectivity index (χ4n) is 2.00. The van der Waals surface area contributed by atoms with Gasteiger partial charge in [0.05, 0.1) is 5.75 Å². The number of hydrogen-bond donors (Lipinski definition) is 1. The van der Waals surface area contributed by atoms with E-state index in [0.717, 1.165) is 5.56 Å². The van der Waals surface area contributed by atoms with E-state index in [1.807, 2.05) is 51.1 Å². The largest absolute Gasteiger partial charge is 0.351 e. The van der Waals surface area contributed by atoms with Crippen molar-refractivity contribution < 1.29 is 9.59 Å². The van der Waals surface area contributed by atoms with E-state index in [0.29, 0.717) is 17.5 Å². The molecular weight excluding hydrogens is 350 g/mol. The highest BCUT2D eigenvalue weighted by atomic mass is 32.2. The molecule has 0 atom stereocenters. The summed E-state index contributed by atoms with van der Waals surface area (Å²) >= 11 is 1.20. The smallest absolute Gasteiger partial charge is 0.346 e. The van der Waals surface area contributed by atoms with Gasteiger partial charge in [0.1, 0.15) is 0 Å². The average molecular weight is 375 g/mol. The summed E-state index contributed by atoms with van der Waals surface area (Å²) in [6.45, 7) is 6.41. The zero-order valence-electron chi connectivity index (χ0n) is 15.8. The minimum atomic E-state index is -0.291. The predicted octanol–water partition coefficient (Wildman–Crippen LogP) is 2.51. The molecule has 0 saturated carbocycles. The van der Waals surface area contributed by atoms with E-state index < -0.39 is 0 Å². The molecule has 0 radical (unpaired) electrons. The summed E-state index contributed by atoms with van der Waals surface area (Å²) in [6, 6.07) is 9.41. The first-order valence-corrected chi connectivity index (χ1v) is 9.29. The Morgan fingerprint density at radius 2 is 1.85 bits per heavy atom. The number of rotatable bonds is 5. The van der Waals surface area contributed by atoms with Crippen LogP contribution in [-0.2, 0) is 16.8 Å². The second-order valence-electron chi connectivity index (χ2n) is 7.11. The molecular formula is C18H25N5O2S. The number of carbonyl (C=O) groups is 2. The highest BCUT2D eigenvalue weighted by Gasteiger charge is 2.25. The minimum Gasteiger partial charge on any atom is -0.351 e. The van der Waals surface area contributed by atoms with Crippen molar-refractivity contribution in [1.29, 1.82) is 0 Å². The van der Waals surface area contributed by atoms with Gasteiger partial charge in [-0.25, -0.2) is 9.78 Å².